The summed E-state index contributed by atoms with van der Waals surface area (Å²) >= 11 is 5.70. The fourth-order valence-corrected chi connectivity index (χ4v) is 1.80. The number of nitro benzene ring substituents is 1. The third kappa shape index (κ3) is 2.37. The van der Waals surface area contributed by atoms with Crippen LogP contribution in [0.25, 0.3) is 11.3 Å². The zero-order valence-corrected chi connectivity index (χ0v) is 10.7. The molecule has 0 atom stereocenters. The van der Waals surface area contributed by atoms with E-state index in [0.29, 0.717) is 12.1 Å². The number of halogens is 3. The molecule has 0 amide bonds. The molecule has 6 nitrogen and oxygen atoms in total. The molecule has 1 aromatic carbocycles. The number of H-pyrrole nitrogens is 1. The Morgan fingerprint density at radius 1 is 1.35 bits per heavy atom. The first kappa shape index (κ1) is 14.1. The van der Waals surface area contributed by atoms with Crippen LogP contribution in [-0.4, -0.2) is 14.9 Å². The number of aromatic nitrogens is 2. The molecule has 0 saturated heterocycles. The Morgan fingerprint density at radius 3 is 2.60 bits per heavy atom. The third-order valence-electron chi connectivity index (χ3n) is 2.47. The highest BCUT2D eigenvalue weighted by Gasteiger charge is 2.22. The van der Waals surface area contributed by atoms with Crippen molar-refractivity contribution in [2.24, 2.45) is 0 Å². The summed E-state index contributed by atoms with van der Waals surface area (Å²) in [5.74, 6) is -2.20. The summed E-state index contributed by atoms with van der Waals surface area (Å²) in [6, 6.07) is 1.000. The Bertz CT molecular complexity index is 776. The zero-order chi connectivity index (χ0) is 15.0. The van der Waals surface area contributed by atoms with E-state index in [-0.39, 0.29) is 11.5 Å². The van der Waals surface area contributed by atoms with Crippen molar-refractivity contribution in [3.8, 4) is 11.3 Å². The molecular weight excluding hydrogens is 296 g/mol. The topological polar surface area (TPSA) is 88.9 Å². The SMILES string of the molecule is Cc1nc(-c2cc(F)c([N+](=O)[O-])cc2F)c(Cl)c(=O)[nH]1. The van der Waals surface area contributed by atoms with Gasteiger partial charge in [-0.1, -0.05) is 11.6 Å². The van der Waals surface area contributed by atoms with Crippen molar-refractivity contribution in [2.75, 3.05) is 0 Å². The Balaban J connectivity index is 2.75. The van der Waals surface area contributed by atoms with E-state index < -0.39 is 38.4 Å². The highest BCUT2D eigenvalue weighted by Crippen LogP contribution is 2.30. The van der Waals surface area contributed by atoms with E-state index in [1.165, 1.54) is 6.92 Å². The number of nitro groups is 1. The Morgan fingerprint density at radius 2 is 2.00 bits per heavy atom. The molecule has 0 aliphatic heterocycles. The second kappa shape index (κ2) is 4.97. The molecule has 0 aliphatic carbocycles. The average Bonchev–Trinajstić information content (AvgIpc) is 2.36. The summed E-state index contributed by atoms with van der Waals surface area (Å²) in [6.07, 6.45) is 0. The van der Waals surface area contributed by atoms with E-state index in [1.54, 1.807) is 0 Å². The maximum Gasteiger partial charge on any atom is 0.307 e. The van der Waals surface area contributed by atoms with Gasteiger partial charge in [0.1, 0.15) is 16.7 Å². The Kier molecular flexibility index (Phi) is 3.49. The van der Waals surface area contributed by atoms with Crippen LogP contribution in [0.4, 0.5) is 14.5 Å². The summed E-state index contributed by atoms with van der Waals surface area (Å²) in [7, 11) is 0. The molecule has 0 bridgehead atoms. The summed E-state index contributed by atoms with van der Waals surface area (Å²) < 4.78 is 27.4. The van der Waals surface area contributed by atoms with Crippen LogP contribution < -0.4 is 5.56 Å². The molecular formula is C11H6ClF2N3O3. The Labute approximate surface area is 115 Å². The van der Waals surface area contributed by atoms with E-state index in [2.05, 4.69) is 9.97 Å². The van der Waals surface area contributed by atoms with Crippen LogP contribution in [0.1, 0.15) is 5.82 Å². The van der Waals surface area contributed by atoms with Gasteiger partial charge in [0.15, 0.2) is 0 Å². The van der Waals surface area contributed by atoms with Gasteiger partial charge in [-0.2, -0.15) is 4.39 Å². The lowest BCUT2D eigenvalue weighted by molar-refractivity contribution is -0.387. The van der Waals surface area contributed by atoms with Gasteiger partial charge in [0.25, 0.3) is 5.56 Å². The molecule has 0 unspecified atom stereocenters. The van der Waals surface area contributed by atoms with Crippen molar-refractivity contribution in [1.82, 2.24) is 9.97 Å². The quantitative estimate of drug-likeness (QED) is 0.682. The third-order valence-corrected chi connectivity index (χ3v) is 2.82. The number of benzene rings is 1. The van der Waals surface area contributed by atoms with Crippen molar-refractivity contribution in [2.45, 2.75) is 6.92 Å². The van der Waals surface area contributed by atoms with Gasteiger partial charge in [-0.3, -0.25) is 14.9 Å². The minimum absolute atomic E-state index is 0.146. The highest BCUT2D eigenvalue weighted by atomic mass is 35.5. The van der Waals surface area contributed by atoms with Crippen LogP contribution >= 0.6 is 11.6 Å². The number of rotatable bonds is 2. The lowest BCUT2D eigenvalue weighted by Gasteiger charge is -2.06. The normalized spacial score (nSPS) is 10.6. The second-order valence-corrected chi connectivity index (χ2v) is 4.23. The van der Waals surface area contributed by atoms with Crippen LogP contribution in [0.2, 0.25) is 5.02 Å². The maximum atomic E-state index is 13.8. The molecule has 0 radical (unpaired) electrons. The summed E-state index contributed by atoms with van der Waals surface area (Å²) in [5, 5.41) is 10.1. The molecule has 1 heterocycles. The highest BCUT2D eigenvalue weighted by molar-refractivity contribution is 6.32. The van der Waals surface area contributed by atoms with Gasteiger partial charge in [0.05, 0.1) is 16.7 Å². The largest absolute Gasteiger partial charge is 0.309 e. The van der Waals surface area contributed by atoms with Crippen LogP contribution in [0.3, 0.4) is 0 Å². The first-order chi connectivity index (χ1) is 9.31. The molecule has 2 aromatic rings. The van der Waals surface area contributed by atoms with Gasteiger partial charge in [-0.15, -0.1) is 0 Å². The predicted octanol–water partition coefficient (Wildman–Crippen LogP) is 2.59. The first-order valence-corrected chi connectivity index (χ1v) is 5.59. The predicted molar refractivity (Wildman–Crippen MR) is 66.6 cm³/mol. The Hall–Kier alpha value is -2.35. The van der Waals surface area contributed by atoms with Crippen LogP contribution in [-0.2, 0) is 0 Å². The molecule has 20 heavy (non-hydrogen) atoms. The molecule has 0 saturated carbocycles. The van der Waals surface area contributed by atoms with E-state index >= 15 is 0 Å². The van der Waals surface area contributed by atoms with Gasteiger partial charge in [0.2, 0.25) is 5.82 Å². The summed E-state index contributed by atoms with van der Waals surface area (Å²) in [5.41, 5.74) is -2.43. The van der Waals surface area contributed by atoms with Gasteiger partial charge in [-0.05, 0) is 13.0 Å². The van der Waals surface area contributed by atoms with Crippen molar-refractivity contribution < 1.29 is 13.7 Å². The zero-order valence-electron chi connectivity index (χ0n) is 9.91. The number of hydrogen-bond donors (Lipinski definition) is 1. The molecule has 0 aliphatic rings. The van der Waals surface area contributed by atoms with E-state index in [9.17, 15) is 23.7 Å². The number of hydrogen-bond acceptors (Lipinski definition) is 4. The maximum absolute atomic E-state index is 13.8. The lowest BCUT2D eigenvalue weighted by atomic mass is 10.1. The first-order valence-electron chi connectivity index (χ1n) is 5.21. The monoisotopic (exact) mass is 301 g/mol. The molecule has 9 heteroatoms. The number of nitrogens with one attached hydrogen (secondary N) is 1. The summed E-state index contributed by atoms with van der Waals surface area (Å²) in [6.45, 7) is 1.43. The molecule has 1 aromatic heterocycles. The fraction of sp³-hybridized carbons (Fsp3) is 0.0909. The summed E-state index contributed by atoms with van der Waals surface area (Å²) in [4.78, 5) is 27.0. The van der Waals surface area contributed by atoms with Crippen molar-refractivity contribution in [3.63, 3.8) is 0 Å². The minimum Gasteiger partial charge on any atom is -0.309 e. The average molecular weight is 302 g/mol. The van der Waals surface area contributed by atoms with E-state index in [4.69, 9.17) is 11.6 Å². The van der Waals surface area contributed by atoms with E-state index in [1.807, 2.05) is 0 Å². The van der Waals surface area contributed by atoms with Crippen molar-refractivity contribution in [3.05, 3.63) is 55.1 Å². The smallest absolute Gasteiger partial charge is 0.307 e. The molecule has 1 N–H and O–H groups in total. The van der Waals surface area contributed by atoms with Gasteiger partial charge in [0, 0.05) is 5.56 Å². The lowest BCUT2D eigenvalue weighted by Crippen LogP contribution is -2.12. The van der Waals surface area contributed by atoms with Gasteiger partial charge < -0.3 is 4.98 Å². The van der Waals surface area contributed by atoms with Gasteiger partial charge >= 0.3 is 5.69 Å². The molecule has 104 valence electrons. The second-order valence-electron chi connectivity index (χ2n) is 3.85. The van der Waals surface area contributed by atoms with Crippen LogP contribution in [0.5, 0.6) is 0 Å². The van der Waals surface area contributed by atoms with Crippen LogP contribution in [0, 0.1) is 28.7 Å². The van der Waals surface area contributed by atoms with E-state index in [0.717, 1.165) is 0 Å². The minimum atomic E-state index is -1.25. The molecule has 2 rings (SSSR count). The van der Waals surface area contributed by atoms with Crippen LogP contribution in [0.15, 0.2) is 16.9 Å². The standard InChI is InChI=1S/C11H6ClF2N3O3/c1-4-15-10(9(12)11(18)16-4)5-2-7(14)8(17(19)20)3-6(5)13/h2-3H,1H3,(H,15,16,18). The van der Waals surface area contributed by atoms with Gasteiger partial charge in [-0.25, -0.2) is 9.37 Å². The molecule has 0 fully saturated rings. The number of aryl methyl sites for hydroxylation is 1. The fourth-order valence-electron chi connectivity index (χ4n) is 1.61. The van der Waals surface area contributed by atoms with Crippen molar-refractivity contribution >= 4 is 17.3 Å². The number of aromatic amines is 1. The molecule has 0 spiro atoms. The van der Waals surface area contributed by atoms with Crippen molar-refractivity contribution in [1.29, 1.82) is 0 Å². The number of nitrogens with zero attached hydrogens (tertiary/aromatic N) is 2.